The standard InChI is InChI=1S/C27H28F4N8O/c1-37(2)20-11-17(27(29,30)31)10-19(12-20)34-18-4-5-24(38(3)16-18)22-14-32-15-23(35-22)25-33-13-21(28)26(36-25)39-6-8-40-9-7-39/h4-5,10-16,24,34H,6-9H2,1-3H3. The fourth-order valence-electron chi connectivity index (χ4n) is 4.44. The molecule has 2 aromatic heterocycles. The summed E-state index contributed by atoms with van der Waals surface area (Å²) in [5.74, 6) is -0.0759. The molecule has 9 nitrogen and oxygen atoms in total. The first kappa shape index (κ1) is 27.3. The fraction of sp³-hybridized carbons (Fsp3) is 0.333. The minimum absolute atomic E-state index is 0.195. The van der Waals surface area contributed by atoms with Crippen molar-refractivity contribution in [3.05, 3.63) is 77.9 Å². The highest BCUT2D eigenvalue weighted by Crippen LogP contribution is 2.35. The molecule has 210 valence electrons. The predicted molar refractivity (Wildman–Crippen MR) is 143 cm³/mol. The molecule has 0 radical (unpaired) electrons. The highest BCUT2D eigenvalue weighted by molar-refractivity contribution is 5.63. The molecule has 3 aromatic rings. The van der Waals surface area contributed by atoms with Gasteiger partial charge in [0.1, 0.15) is 5.69 Å². The number of alkyl halides is 3. The Morgan fingerprint density at radius 3 is 2.52 bits per heavy atom. The van der Waals surface area contributed by atoms with Crippen LogP contribution in [0.5, 0.6) is 0 Å². The van der Waals surface area contributed by atoms with Crippen molar-refractivity contribution in [2.75, 3.05) is 62.6 Å². The van der Waals surface area contributed by atoms with Crippen molar-refractivity contribution in [2.45, 2.75) is 12.2 Å². The first-order valence-electron chi connectivity index (χ1n) is 12.5. The molecule has 1 saturated heterocycles. The number of rotatable bonds is 6. The third kappa shape index (κ3) is 5.98. The number of morpholine rings is 1. The van der Waals surface area contributed by atoms with E-state index in [0.29, 0.717) is 54.8 Å². The highest BCUT2D eigenvalue weighted by atomic mass is 19.4. The molecular weight excluding hydrogens is 528 g/mol. The average molecular weight is 557 g/mol. The Bertz CT molecular complexity index is 1440. The normalized spacial score (nSPS) is 17.6. The summed E-state index contributed by atoms with van der Waals surface area (Å²) in [7, 11) is 5.20. The van der Waals surface area contributed by atoms with E-state index in [1.807, 2.05) is 22.9 Å². The van der Waals surface area contributed by atoms with Gasteiger partial charge in [0.05, 0.1) is 54.8 Å². The molecule has 0 bridgehead atoms. The Kier molecular flexibility index (Phi) is 7.57. The summed E-state index contributed by atoms with van der Waals surface area (Å²) in [6.45, 7) is 2.03. The van der Waals surface area contributed by atoms with Gasteiger partial charge in [-0.3, -0.25) is 4.98 Å². The Morgan fingerprint density at radius 2 is 1.82 bits per heavy atom. The quantitative estimate of drug-likeness (QED) is 0.442. The van der Waals surface area contributed by atoms with Gasteiger partial charge in [-0.1, -0.05) is 6.08 Å². The van der Waals surface area contributed by atoms with Crippen LogP contribution < -0.4 is 15.1 Å². The van der Waals surface area contributed by atoms with E-state index in [1.54, 1.807) is 43.5 Å². The van der Waals surface area contributed by atoms with Crippen LogP contribution in [0.2, 0.25) is 0 Å². The molecule has 0 aliphatic carbocycles. The van der Waals surface area contributed by atoms with E-state index in [-0.39, 0.29) is 17.7 Å². The zero-order valence-electron chi connectivity index (χ0n) is 22.2. The number of halogens is 4. The van der Waals surface area contributed by atoms with Gasteiger partial charge in [-0.05, 0) is 24.3 Å². The van der Waals surface area contributed by atoms with Crippen molar-refractivity contribution in [2.24, 2.45) is 0 Å². The first-order chi connectivity index (χ1) is 19.1. The zero-order valence-corrected chi connectivity index (χ0v) is 22.2. The van der Waals surface area contributed by atoms with Crippen LogP contribution in [0.25, 0.3) is 11.5 Å². The van der Waals surface area contributed by atoms with Gasteiger partial charge in [0.2, 0.25) is 0 Å². The Balaban J connectivity index is 1.35. The molecule has 5 rings (SSSR count). The minimum atomic E-state index is -4.47. The molecule has 13 heteroatoms. The summed E-state index contributed by atoms with van der Waals surface area (Å²) in [6.07, 6.45) is 5.21. The van der Waals surface area contributed by atoms with Crippen LogP contribution in [-0.2, 0) is 10.9 Å². The highest BCUT2D eigenvalue weighted by Gasteiger charge is 2.31. The van der Waals surface area contributed by atoms with Crippen LogP contribution in [0.4, 0.5) is 34.8 Å². The van der Waals surface area contributed by atoms with Gasteiger partial charge >= 0.3 is 6.18 Å². The van der Waals surface area contributed by atoms with Gasteiger partial charge in [0, 0.05) is 51.8 Å². The maximum absolute atomic E-state index is 14.5. The Morgan fingerprint density at radius 1 is 1.05 bits per heavy atom. The largest absolute Gasteiger partial charge is 0.416 e. The lowest BCUT2D eigenvalue weighted by Gasteiger charge is -2.29. The van der Waals surface area contributed by atoms with E-state index in [9.17, 15) is 17.6 Å². The third-order valence-corrected chi connectivity index (χ3v) is 6.51. The van der Waals surface area contributed by atoms with Gasteiger partial charge < -0.3 is 24.8 Å². The molecule has 40 heavy (non-hydrogen) atoms. The van der Waals surface area contributed by atoms with Crippen LogP contribution >= 0.6 is 0 Å². The SMILES string of the molecule is CN(C)c1cc(NC2=CN(C)C(c3cncc(-c4ncc(F)c(N5CCOCC5)n4)n3)C=C2)cc(C(F)(F)F)c1. The summed E-state index contributed by atoms with van der Waals surface area (Å²) >= 11 is 0. The lowest BCUT2D eigenvalue weighted by Crippen LogP contribution is -2.37. The van der Waals surface area contributed by atoms with Crippen molar-refractivity contribution in [3.8, 4) is 11.5 Å². The van der Waals surface area contributed by atoms with E-state index in [1.165, 1.54) is 6.20 Å². The van der Waals surface area contributed by atoms with Crippen molar-refractivity contribution < 1.29 is 22.3 Å². The van der Waals surface area contributed by atoms with Gasteiger partial charge in [-0.25, -0.2) is 19.3 Å². The van der Waals surface area contributed by atoms with Crippen molar-refractivity contribution >= 4 is 17.2 Å². The molecule has 2 aliphatic heterocycles. The number of nitrogens with one attached hydrogen (secondary N) is 1. The maximum Gasteiger partial charge on any atom is 0.416 e. The summed E-state index contributed by atoms with van der Waals surface area (Å²) in [5.41, 5.74) is 1.59. The minimum Gasteiger partial charge on any atom is -0.378 e. The second-order valence-electron chi connectivity index (χ2n) is 9.63. The lowest BCUT2D eigenvalue weighted by atomic mass is 10.1. The number of hydrogen-bond donors (Lipinski definition) is 1. The summed E-state index contributed by atoms with van der Waals surface area (Å²) in [4.78, 5) is 22.8. The Hall–Kier alpha value is -4.26. The van der Waals surface area contributed by atoms with E-state index in [4.69, 9.17) is 4.74 Å². The predicted octanol–water partition coefficient (Wildman–Crippen LogP) is 4.49. The number of ether oxygens (including phenoxy) is 1. The van der Waals surface area contributed by atoms with Crippen LogP contribution in [-0.4, -0.2) is 72.3 Å². The Labute approximate surface area is 228 Å². The van der Waals surface area contributed by atoms with Crippen molar-refractivity contribution in [3.63, 3.8) is 0 Å². The van der Waals surface area contributed by atoms with Gasteiger partial charge in [-0.15, -0.1) is 0 Å². The smallest absolute Gasteiger partial charge is 0.378 e. The second kappa shape index (κ2) is 11.1. The van der Waals surface area contributed by atoms with E-state index in [0.717, 1.165) is 18.3 Å². The van der Waals surface area contributed by atoms with E-state index >= 15 is 0 Å². The summed E-state index contributed by atoms with van der Waals surface area (Å²) in [6, 6.07) is 3.53. The molecule has 0 spiro atoms. The molecule has 0 saturated carbocycles. The number of nitrogens with zero attached hydrogens (tertiary/aromatic N) is 7. The first-order valence-corrected chi connectivity index (χ1v) is 12.5. The molecule has 4 heterocycles. The van der Waals surface area contributed by atoms with Crippen LogP contribution in [0, 0.1) is 5.82 Å². The monoisotopic (exact) mass is 556 g/mol. The molecular formula is C27H28F4N8O. The second-order valence-corrected chi connectivity index (χ2v) is 9.63. The molecule has 1 atom stereocenters. The number of benzene rings is 1. The van der Waals surface area contributed by atoms with Crippen molar-refractivity contribution in [1.29, 1.82) is 0 Å². The van der Waals surface area contributed by atoms with Gasteiger partial charge in [0.15, 0.2) is 17.5 Å². The number of aromatic nitrogens is 4. The van der Waals surface area contributed by atoms with Crippen LogP contribution in [0.3, 0.4) is 0 Å². The lowest BCUT2D eigenvalue weighted by molar-refractivity contribution is -0.137. The van der Waals surface area contributed by atoms with Crippen LogP contribution in [0.1, 0.15) is 17.3 Å². The van der Waals surface area contributed by atoms with E-state index in [2.05, 4.69) is 25.3 Å². The number of anilines is 3. The molecule has 1 aromatic carbocycles. The number of allylic oxidation sites excluding steroid dienone is 1. The van der Waals surface area contributed by atoms with E-state index < -0.39 is 17.6 Å². The number of likely N-dealkylation sites (N-methyl/N-ethyl adjacent to an activating group) is 1. The molecule has 0 amide bonds. The van der Waals surface area contributed by atoms with Crippen molar-refractivity contribution in [1.82, 2.24) is 24.8 Å². The van der Waals surface area contributed by atoms with Crippen LogP contribution in [0.15, 0.2) is 60.8 Å². The summed E-state index contributed by atoms with van der Waals surface area (Å²) < 4.78 is 60.2. The van der Waals surface area contributed by atoms with Gasteiger partial charge in [-0.2, -0.15) is 13.2 Å². The zero-order chi connectivity index (χ0) is 28.4. The fourth-order valence-corrected chi connectivity index (χ4v) is 4.44. The van der Waals surface area contributed by atoms with Gasteiger partial charge in [0.25, 0.3) is 0 Å². The molecule has 2 aliphatic rings. The third-order valence-electron chi connectivity index (χ3n) is 6.51. The summed E-state index contributed by atoms with van der Waals surface area (Å²) in [5, 5.41) is 3.07. The molecule has 1 unspecified atom stereocenters. The average Bonchev–Trinajstić information content (AvgIpc) is 2.93. The molecule has 1 N–H and O–H groups in total. The molecule has 1 fully saturated rings. The number of hydrogen-bond acceptors (Lipinski definition) is 9. The maximum atomic E-state index is 14.5. The topological polar surface area (TPSA) is 82.5 Å².